The molecule has 0 spiro atoms. The fourth-order valence-electron chi connectivity index (χ4n) is 6.69. The molecule has 0 aliphatic heterocycles. The first-order valence-corrected chi connectivity index (χ1v) is 18.1. The average molecular weight is 685 g/mol. The van der Waals surface area contributed by atoms with Crippen molar-refractivity contribution in [2.24, 2.45) is 4.99 Å². The van der Waals surface area contributed by atoms with Gasteiger partial charge >= 0.3 is 0 Å². The van der Waals surface area contributed by atoms with Crippen molar-refractivity contribution in [2.45, 2.75) is 78.6 Å². The van der Waals surface area contributed by atoms with Gasteiger partial charge in [0.05, 0.1) is 11.3 Å². The Bertz CT molecular complexity index is 2460. The molecule has 52 heavy (non-hydrogen) atoms. The zero-order valence-corrected chi connectivity index (χ0v) is 31.8. The minimum atomic E-state index is -0.232. The summed E-state index contributed by atoms with van der Waals surface area (Å²) in [5.41, 5.74) is 11.1. The smallest absolute Gasteiger partial charge is 0.229 e. The Hall–Kier alpha value is -5.48. The van der Waals surface area contributed by atoms with E-state index in [4.69, 9.17) is 14.4 Å². The van der Waals surface area contributed by atoms with Crippen molar-refractivity contribution in [1.29, 1.82) is 0 Å². The van der Waals surface area contributed by atoms with Crippen LogP contribution in [0.4, 0.5) is 5.69 Å². The predicted octanol–water partition coefficient (Wildman–Crippen LogP) is 13.3. The largest absolute Gasteiger partial charge is 0.507 e. The number of nitrogens with zero attached hydrogens (tertiary/aromatic N) is 2. The molecule has 7 aromatic rings. The van der Waals surface area contributed by atoms with Gasteiger partial charge < -0.3 is 9.52 Å². The zero-order valence-electron chi connectivity index (χ0n) is 31.8. The Morgan fingerprint density at radius 3 is 1.87 bits per heavy atom. The summed E-state index contributed by atoms with van der Waals surface area (Å²) in [5, 5.41) is 13.8. The van der Waals surface area contributed by atoms with Crippen LogP contribution in [-0.2, 0) is 16.2 Å². The van der Waals surface area contributed by atoms with Gasteiger partial charge in [-0.1, -0.05) is 135 Å². The van der Waals surface area contributed by atoms with Crippen molar-refractivity contribution in [2.75, 3.05) is 0 Å². The number of benzene rings is 6. The van der Waals surface area contributed by atoms with Gasteiger partial charge in [0.15, 0.2) is 5.58 Å². The second-order valence-electron chi connectivity index (χ2n) is 17.0. The third-order valence-electron chi connectivity index (χ3n) is 9.91. The molecule has 0 bridgehead atoms. The number of hydrogen-bond donors (Lipinski definition) is 1. The first-order chi connectivity index (χ1) is 24.6. The quantitative estimate of drug-likeness (QED) is 0.184. The van der Waals surface area contributed by atoms with Crippen LogP contribution in [-0.4, -0.2) is 16.3 Å². The highest BCUT2D eigenvalue weighted by Gasteiger charge is 2.25. The summed E-state index contributed by atoms with van der Waals surface area (Å²) in [6.45, 7) is 19.6. The summed E-state index contributed by atoms with van der Waals surface area (Å²) in [6, 6.07) is 40.2. The third kappa shape index (κ3) is 6.90. The van der Waals surface area contributed by atoms with Crippen LogP contribution in [0, 0.1) is 0 Å². The molecule has 0 fully saturated rings. The first kappa shape index (κ1) is 34.9. The summed E-state index contributed by atoms with van der Waals surface area (Å²) in [6.07, 6.45) is 1.77. The van der Waals surface area contributed by atoms with E-state index < -0.39 is 0 Å². The van der Waals surface area contributed by atoms with E-state index in [-0.39, 0.29) is 22.0 Å². The molecule has 1 aromatic heterocycles. The number of hydrogen-bond acceptors (Lipinski definition) is 4. The topological polar surface area (TPSA) is 58.6 Å². The maximum atomic E-state index is 11.4. The minimum Gasteiger partial charge on any atom is -0.507 e. The van der Waals surface area contributed by atoms with E-state index in [9.17, 15) is 5.11 Å². The number of fused-ring (bicyclic) bond motifs is 2. The Labute approximate surface area is 307 Å². The van der Waals surface area contributed by atoms with Gasteiger partial charge in [0.1, 0.15) is 11.3 Å². The molecule has 0 unspecified atom stereocenters. The van der Waals surface area contributed by atoms with Crippen molar-refractivity contribution in [3.63, 3.8) is 0 Å². The Kier molecular flexibility index (Phi) is 8.69. The maximum Gasteiger partial charge on any atom is 0.229 e. The zero-order chi connectivity index (χ0) is 37.0. The molecule has 0 saturated carbocycles. The number of aromatic hydroxyl groups is 1. The number of para-hydroxylation sites is 1. The molecular formula is C48H48N2O2. The van der Waals surface area contributed by atoms with Crippen LogP contribution in [0.5, 0.6) is 5.75 Å². The van der Waals surface area contributed by atoms with Crippen LogP contribution in [0.2, 0.25) is 0 Å². The number of oxazole rings is 1. The standard InChI is InChI=1S/C48H48N2O2/c1-46(2,3)36-25-35(44(51)40(27-36)48(7,8)9)29-49-41-18-14-13-17-38(41)45-50-43-39(26-37(47(4,5)6)28-42(43)52-45)34-22-21-32-23-31(19-20-33(32)24-34)30-15-11-10-12-16-30/h10-29,51H,1-9H3. The van der Waals surface area contributed by atoms with E-state index in [2.05, 4.69) is 141 Å². The Morgan fingerprint density at radius 2 is 1.19 bits per heavy atom. The number of phenols is 1. The minimum absolute atomic E-state index is 0.0911. The van der Waals surface area contributed by atoms with Gasteiger partial charge in [-0.25, -0.2) is 4.98 Å². The van der Waals surface area contributed by atoms with E-state index in [0.717, 1.165) is 38.9 Å². The van der Waals surface area contributed by atoms with Crippen molar-refractivity contribution in [1.82, 2.24) is 4.98 Å². The number of aromatic nitrogens is 1. The monoisotopic (exact) mass is 684 g/mol. The molecule has 4 nitrogen and oxygen atoms in total. The summed E-state index contributed by atoms with van der Waals surface area (Å²) in [4.78, 5) is 10.1. The lowest BCUT2D eigenvalue weighted by atomic mass is 9.79. The van der Waals surface area contributed by atoms with E-state index in [1.54, 1.807) is 6.21 Å². The van der Waals surface area contributed by atoms with Crippen molar-refractivity contribution in [3.8, 4) is 39.5 Å². The summed E-state index contributed by atoms with van der Waals surface area (Å²) in [5.74, 6) is 0.765. The van der Waals surface area contributed by atoms with Crippen LogP contribution < -0.4 is 0 Å². The van der Waals surface area contributed by atoms with Crippen LogP contribution in [0.1, 0.15) is 84.6 Å². The molecule has 0 radical (unpaired) electrons. The second-order valence-corrected chi connectivity index (χ2v) is 17.0. The fraction of sp³-hybridized carbons (Fsp3) is 0.250. The van der Waals surface area contributed by atoms with E-state index in [1.807, 2.05) is 36.4 Å². The van der Waals surface area contributed by atoms with E-state index >= 15 is 0 Å². The van der Waals surface area contributed by atoms with Gasteiger partial charge in [0.2, 0.25) is 5.89 Å². The summed E-state index contributed by atoms with van der Waals surface area (Å²) in [7, 11) is 0. The van der Waals surface area contributed by atoms with Crippen LogP contribution >= 0.6 is 0 Å². The second kappa shape index (κ2) is 12.9. The predicted molar refractivity (Wildman–Crippen MR) is 219 cm³/mol. The molecule has 7 rings (SSSR count). The SMILES string of the molecule is CC(C)(C)c1cc(C=Nc2ccccc2-c2nc3c(-c4ccc5cc(-c6ccccc6)ccc5c4)cc(C(C)(C)C)cc3o2)c(O)c(C(C)(C)C)c1. The normalized spacial score (nSPS) is 12.7. The molecule has 6 aromatic carbocycles. The average Bonchev–Trinajstić information content (AvgIpc) is 3.54. The van der Waals surface area contributed by atoms with Gasteiger partial charge in [-0.2, -0.15) is 0 Å². The van der Waals surface area contributed by atoms with Gasteiger partial charge in [0, 0.05) is 22.9 Å². The van der Waals surface area contributed by atoms with Crippen LogP contribution in [0.15, 0.2) is 125 Å². The summed E-state index contributed by atoms with van der Waals surface area (Å²) >= 11 is 0. The molecule has 0 atom stereocenters. The maximum absolute atomic E-state index is 11.4. The molecule has 1 heterocycles. The van der Waals surface area contributed by atoms with Crippen LogP contribution in [0.3, 0.4) is 0 Å². The van der Waals surface area contributed by atoms with Gasteiger partial charge in [-0.05, 0) is 97.3 Å². The lowest BCUT2D eigenvalue weighted by molar-refractivity contribution is 0.444. The first-order valence-electron chi connectivity index (χ1n) is 18.1. The Balaban J connectivity index is 1.33. The summed E-state index contributed by atoms with van der Waals surface area (Å²) < 4.78 is 6.61. The van der Waals surface area contributed by atoms with Crippen molar-refractivity contribution in [3.05, 3.63) is 138 Å². The van der Waals surface area contributed by atoms with Crippen molar-refractivity contribution >= 4 is 33.8 Å². The highest BCUT2D eigenvalue weighted by Crippen LogP contribution is 2.41. The lowest BCUT2D eigenvalue weighted by Gasteiger charge is -2.27. The molecule has 0 aliphatic rings. The van der Waals surface area contributed by atoms with Crippen molar-refractivity contribution < 1.29 is 9.52 Å². The lowest BCUT2D eigenvalue weighted by Crippen LogP contribution is -2.17. The third-order valence-corrected chi connectivity index (χ3v) is 9.91. The van der Waals surface area contributed by atoms with Crippen LogP contribution in [0.25, 0.3) is 55.6 Å². The number of aliphatic imine (C=N–C) groups is 1. The van der Waals surface area contributed by atoms with E-state index in [1.165, 1.54) is 27.5 Å². The fourth-order valence-corrected chi connectivity index (χ4v) is 6.69. The van der Waals surface area contributed by atoms with Gasteiger partial charge in [0.25, 0.3) is 0 Å². The molecule has 262 valence electrons. The highest BCUT2D eigenvalue weighted by molar-refractivity contribution is 5.98. The number of rotatable bonds is 5. The molecule has 0 saturated heterocycles. The Morgan fingerprint density at radius 1 is 0.577 bits per heavy atom. The molecular weight excluding hydrogens is 637 g/mol. The molecule has 0 amide bonds. The molecule has 0 aliphatic carbocycles. The molecule has 1 N–H and O–H groups in total. The van der Waals surface area contributed by atoms with Gasteiger partial charge in [-0.15, -0.1) is 0 Å². The van der Waals surface area contributed by atoms with E-state index in [0.29, 0.717) is 17.1 Å². The number of phenolic OH excluding ortho intramolecular Hbond substituents is 1. The van der Waals surface area contributed by atoms with Gasteiger partial charge in [-0.3, -0.25) is 4.99 Å². The molecule has 4 heteroatoms. The highest BCUT2D eigenvalue weighted by atomic mass is 16.3.